The fraction of sp³-hybridized carbons (Fsp3) is 0.0714. The summed E-state index contributed by atoms with van der Waals surface area (Å²) in [6, 6.07) is 28.4. The molecule has 0 fully saturated rings. The molecule has 8 nitrogen and oxygen atoms in total. The van der Waals surface area contributed by atoms with Gasteiger partial charge >= 0.3 is 0 Å². The van der Waals surface area contributed by atoms with Gasteiger partial charge in [0, 0.05) is 17.7 Å². The molecule has 4 aromatic carbocycles. The Morgan fingerprint density at radius 3 is 2.31 bits per heavy atom. The normalized spacial score (nSPS) is 14.5. The number of nitro benzene ring substituents is 1. The Balaban J connectivity index is 1.50. The number of nitrogens with zero attached hydrogens (tertiary/aromatic N) is 2. The summed E-state index contributed by atoms with van der Waals surface area (Å²) in [6.45, 7) is 0.124. The maximum absolute atomic E-state index is 13.5. The number of rotatable bonds is 6. The maximum atomic E-state index is 13.5. The molecule has 5 rings (SSSR count). The van der Waals surface area contributed by atoms with Gasteiger partial charge in [-0.3, -0.25) is 19.7 Å². The molecule has 1 aliphatic heterocycles. The number of para-hydroxylation sites is 2. The number of ether oxygens (including phenoxy) is 2. The molecule has 0 saturated carbocycles. The van der Waals surface area contributed by atoms with Crippen LogP contribution in [0.5, 0.6) is 11.5 Å². The minimum Gasteiger partial charge on any atom is -0.488 e. The van der Waals surface area contributed by atoms with E-state index in [0.717, 1.165) is 10.5 Å². The van der Waals surface area contributed by atoms with Gasteiger partial charge in [-0.1, -0.05) is 42.5 Å². The fourth-order valence-electron chi connectivity index (χ4n) is 3.97. The van der Waals surface area contributed by atoms with Crippen LogP contribution in [0.15, 0.2) is 103 Å². The van der Waals surface area contributed by atoms with E-state index in [0.29, 0.717) is 28.2 Å². The van der Waals surface area contributed by atoms with Crippen molar-refractivity contribution in [1.29, 1.82) is 0 Å². The molecule has 0 bridgehead atoms. The van der Waals surface area contributed by atoms with Crippen LogP contribution in [0.1, 0.15) is 38.1 Å². The molecule has 8 heteroatoms. The molecule has 0 saturated heterocycles. The smallest absolute Gasteiger partial charge is 0.269 e. The van der Waals surface area contributed by atoms with Crippen LogP contribution < -0.4 is 9.47 Å². The molecule has 0 aliphatic carbocycles. The first-order chi connectivity index (χ1) is 17.5. The third-order valence-electron chi connectivity index (χ3n) is 5.78. The Hall–Kier alpha value is -4.98. The summed E-state index contributed by atoms with van der Waals surface area (Å²) in [5, 5.41) is 10.9. The summed E-state index contributed by atoms with van der Waals surface area (Å²) in [4.78, 5) is 38.6. The molecule has 4 aromatic rings. The number of carbonyl (C=O) groups excluding carboxylic acids is 2. The van der Waals surface area contributed by atoms with Crippen molar-refractivity contribution in [2.24, 2.45) is 0 Å². The maximum Gasteiger partial charge on any atom is 0.269 e. The average Bonchev–Trinajstić information content (AvgIpc) is 2.92. The Labute approximate surface area is 206 Å². The minimum atomic E-state index is -1.06. The van der Waals surface area contributed by atoms with Crippen LogP contribution in [-0.4, -0.2) is 21.6 Å². The van der Waals surface area contributed by atoms with E-state index >= 15 is 0 Å². The van der Waals surface area contributed by atoms with Gasteiger partial charge in [-0.25, -0.2) is 4.90 Å². The zero-order valence-electron chi connectivity index (χ0n) is 18.9. The van der Waals surface area contributed by atoms with Crippen molar-refractivity contribution >= 4 is 17.5 Å². The van der Waals surface area contributed by atoms with E-state index in [2.05, 4.69) is 0 Å². The Kier molecular flexibility index (Phi) is 6.15. The van der Waals surface area contributed by atoms with Gasteiger partial charge in [-0.2, -0.15) is 0 Å². The number of amides is 2. The van der Waals surface area contributed by atoms with Gasteiger partial charge in [0.05, 0.1) is 16.1 Å². The van der Waals surface area contributed by atoms with Gasteiger partial charge in [0.1, 0.15) is 18.1 Å². The summed E-state index contributed by atoms with van der Waals surface area (Å²) in [7, 11) is 0. The van der Waals surface area contributed by atoms with Gasteiger partial charge in [0.25, 0.3) is 17.5 Å². The molecule has 0 aromatic heterocycles. The molecule has 1 atom stereocenters. The minimum absolute atomic E-state index is 0.0120. The first-order valence-electron chi connectivity index (χ1n) is 11.2. The van der Waals surface area contributed by atoms with E-state index in [1.54, 1.807) is 91.0 Å². The third-order valence-corrected chi connectivity index (χ3v) is 5.78. The fourth-order valence-corrected chi connectivity index (χ4v) is 3.97. The summed E-state index contributed by atoms with van der Waals surface area (Å²) in [6.07, 6.45) is -1.06. The van der Waals surface area contributed by atoms with Crippen molar-refractivity contribution < 1.29 is 24.0 Å². The predicted octanol–water partition coefficient (Wildman–Crippen LogP) is 5.55. The van der Waals surface area contributed by atoms with Crippen LogP contribution in [-0.2, 0) is 6.61 Å². The molecule has 0 spiro atoms. The lowest BCUT2D eigenvalue weighted by molar-refractivity contribution is -0.384. The molecule has 2 amide bonds. The summed E-state index contributed by atoms with van der Waals surface area (Å²) in [5.74, 6) is -0.181. The number of non-ortho nitro benzene ring substituents is 1. The molecule has 1 unspecified atom stereocenters. The van der Waals surface area contributed by atoms with Gasteiger partial charge in [0.15, 0.2) is 0 Å². The molecule has 0 N–H and O–H groups in total. The van der Waals surface area contributed by atoms with Crippen molar-refractivity contribution in [3.63, 3.8) is 0 Å². The van der Waals surface area contributed by atoms with E-state index in [4.69, 9.17) is 9.47 Å². The van der Waals surface area contributed by atoms with Crippen LogP contribution in [0, 0.1) is 10.1 Å². The second kappa shape index (κ2) is 9.71. The molecule has 36 heavy (non-hydrogen) atoms. The number of hydrogen-bond acceptors (Lipinski definition) is 6. The molecule has 1 aliphatic rings. The van der Waals surface area contributed by atoms with Gasteiger partial charge in [-0.15, -0.1) is 0 Å². The van der Waals surface area contributed by atoms with Crippen LogP contribution in [0.2, 0.25) is 0 Å². The molecule has 1 heterocycles. The molecule has 0 radical (unpaired) electrons. The lowest BCUT2D eigenvalue weighted by Gasteiger charge is -2.36. The monoisotopic (exact) mass is 480 g/mol. The van der Waals surface area contributed by atoms with E-state index in [-0.39, 0.29) is 12.3 Å². The van der Waals surface area contributed by atoms with Gasteiger partial charge in [0.2, 0.25) is 6.23 Å². The highest BCUT2D eigenvalue weighted by Gasteiger charge is 2.40. The highest BCUT2D eigenvalue weighted by molar-refractivity contribution is 6.12. The number of nitro groups is 1. The van der Waals surface area contributed by atoms with Crippen LogP contribution in [0.3, 0.4) is 0 Å². The second-order valence-corrected chi connectivity index (χ2v) is 8.06. The standard InChI is InChI=1S/C28H20N2O6/c31-26(20-8-2-1-3-9-20)29-27(32)22-10-4-7-13-25(22)36-28(29)23-11-5-6-12-24(23)35-18-19-14-16-21(17-15-19)30(33)34/h1-17,28H,18H2. The van der Waals surface area contributed by atoms with Crippen molar-refractivity contribution in [1.82, 2.24) is 4.90 Å². The Morgan fingerprint density at radius 1 is 0.889 bits per heavy atom. The quantitative estimate of drug-likeness (QED) is 0.204. The summed E-state index contributed by atoms with van der Waals surface area (Å²) < 4.78 is 12.2. The average molecular weight is 480 g/mol. The van der Waals surface area contributed by atoms with Crippen molar-refractivity contribution in [2.45, 2.75) is 12.8 Å². The Bertz CT molecular complexity index is 1440. The zero-order valence-corrected chi connectivity index (χ0v) is 18.9. The van der Waals surface area contributed by atoms with Gasteiger partial charge in [-0.05, 0) is 54.1 Å². The van der Waals surface area contributed by atoms with E-state index in [9.17, 15) is 19.7 Å². The largest absolute Gasteiger partial charge is 0.488 e. The number of carbonyl (C=O) groups is 2. The molecular weight excluding hydrogens is 460 g/mol. The number of hydrogen-bond donors (Lipinski definition) is 0. The molecular formula is C28H20N2O6. The summed E-state index contributed by atoms with van der Waals surface area (Å²) >= 11 is 0. The first kappa shape index (κ1) is 22.8. The van der Waals surface area contributed by atoms with E-state index in [1.807, 2.05) is 0 Å². The van der Waals surface area contributed by atoms with Crippen LogP contribution in [0.25, 0.3) is 0 Å². The first-order valence-corrected chi connectivity index (χ1v) is 11.2. The van der Waals surface area contributed by atoms with E-state index in [1.165, 1.54) is 12.1 Å². The molecule has 178 valence electrons. The Morgan fingerprint density at radius 2 is 1.56 bits per heavy atom. The lowest BCUT2D eigenvalue weighted by atomic mass is 10.0. The van der Waals surface area contributed by atoms with E-state index < -0.39 is 23.0 Å². The topological polar surface area (TPSA) is 99.0 Å². The lowest BCUT2D eigenvalue weighted by Crippen LogP contribution is -2.45. The number of imide groups is 1. The van der Waals surface area contributed by atoms with Gasteiger partial charge < -0.3 is 9.47 Å². The SMILES string of the molecule is O=C(c1ccccc1)N1C(=O)c2ccccc2OC1c1ccccc1OCc1ccc([N+](=O)[O-])cc1. The third kappa shape index (κ3) is 4.39. The highest BCUT2D eigenvalue weighted by atomic mass is 16.6. The van der Waals surface area contributed by atoms with Crippen molar-refractivity contribution in [3.8, 4) is 11.5 Å². The van der Waals surface area contributed by atoms with Crippen LogP contribution >= 0.6 is 0 Å². The van der Waals surface area contributed by atoms with Crippen molar-refractivity contribution in [3.05, 3.63) is 135 Å². The number of benzene rings is 4. The zero-order chi connectivity index (χ0) is 25.1. The van der Waals surface area contributed by atoms with Crippen molar-refractivity contribution in [2.75, 3.05) is 0 Å². The number of fused-ring (bicyclic) bond motifs is 1. The second-order valence-electron chi connectivity index (χ2n) is 8.06. The highest BCUT2D eigenvalue weighted by Crippen LogP contribution is 2.39. The predicted molar refractivity (Wildman–Crippen MR) is 131 cm³/mol. The summed E-state index contributed by atoms with van der Waals surface area (Å²) in [5.41, 5.74) is 1.84. The van der Waals surface area contributed by atoms with Crippen LogP contribution in [0.4, 0.5) is 5.69 Å².